The van der Waals surface area contributed by atoms with Gasteiger partial charge in [-0.05, 0) is 73.4 Å². The zero-order valence-corrected chi connectivity index (χ0v) is 24.4. The summed E-state index contributed by atoms with van der Waals surface area (Å²) in [6, 6.07) is 27.7. The Morgan fingerprint density at radius 1 is 0.902 bits per heavy atom. The third-order valence-electron chi connectivity index (χ3n) is 9.80. The zero-order chi connectivity index (χ0) is 28.2. The highest BCUT2D eigenvalue weighted by atomic mass is 16.2. The highest BCUT2D eigenvalue weighted by molar-refractivity contribution is 5.98. The zero-order valence-electron chi connectivity index (χ0n) is 24.4. The van der Waals surface area contributed by atoms with Gasteiger partial charge in [0.25, 0.3) is 5.91 Å². The molecule has 1 fully saturated rings. The lowest BCUT2D eigenvalue weighted by atomic mass is 9.68. The summed E-state index contributed by atoms with van der Waals surface area (Å²) in [6.45, 7) is 6.69. The van der Waals surface area contributed by atoms with Crippen molar-refractivity contribution in [1.82, 2.24) is 15.1 Å². The third-order valence-corrected chi connectivity index (χ3v) is 9.80. The molecule has 41 heavy (non-hydrogen) atoms. The molecule has 3 aromatic rings. The van der Waals surface area contributed by atoms with E-state index in [9.17, 15) is 9.59 Å². The number of rotatable bonds is 10. The van der Waals surface area contributed by atoms with Crippen LogP contribution >= 0.6 is 0 Å². The molecule has 0 radical (unpaired) electrons. The Hall–Kier alpha value is -3.44. The van der Waals surface area contributed by atoms with Crippen LogP contribution in [0.1, 0.15) is 84.0 Å². The second kappa shape index (κ2) is 12.2. The van der Waals surface area contributed by atoms with Crippen LogP contribution in [0.2, 0.25) is 0 Å². The molecule has 5 heteroatoms. The van der Waals surface area contributed by atoms with E-state index in [4.69, 9.17) is 0 Å². The van der Waals surface area contributed by atoms with Gasteiger partial charge in [0.15, 0.2) is 0 Å². The van der Waals surface area contributed by atoms with Crippen LogP contribution in [0.4, 0.5) is 0 Å². The standard InChI is InChI=1S/C36H43N3O2/c1-2-21-37-35(41)36(32-17-9-7-14-28(32)25-33(36)27-12-4-3-5-13-27)20-10-11-22-38-23-18-30(19-24-38)39-26-29-15-6-8-16-31(29)34(39)40/h3-9,12-17,30,33H,2,10-11,18-26H2,1H3,(H,37,41)/t33-,36+/m1/s1. The second-order valence-electron chi connectivity index (χ2n) is 12.2. The normalized spacial score (nSPS) is 22.5. The van der Waals surface area contributed by atoms with Gasteiger partial charge < -0.3 is 15.1 Å². The molecule has 0 bridgehead atoms. The predicted octanol–water partition coefficient (Wildman–Crippen LogP) is 6.08. The van der Waals surface area contributed by atoms with Crippen molar-refractivity contribution in [3.05, 3.63) is 107 Å². The van der Waals surface area contributed by atoms with Crippen molar-refractivity contribution in [2.24, 2.45) is 0 Å². The van der Waals surface area contributed by atoms with Gasteiger partial charge in [0.2, 0.25) is 5.91 Å². The summed E-state index contributed by atoms with van der Waals surface area (Å²) < 4.78 is 0. The molecule has 2 aliphatic heterocycles. The average molecular weight is 550 g/mol. The van der Waals surface area contributed by atoms with Gasteiger partial charge in [-0.3, -0.25) is 9.59 Å². The average Bonchev–Trinajstić information content (AvgIpc) is 3.54. The van der Waals surface area contributed by atoms with Gasteiger partial charge in [-0.2, -0.15) is 0 Å². The fourth-order valence-corrected chi connectivity index (χ4v) is 7.67. The number of benzene rings is 3. The maximum absolute atomic E-state index is 14.1. The maximum atomic E-state index is 14.1. The van der Waals surface area contributed by atoms with Gasteiger partial charge in [0.05, 0.1) is 5.41 Å². The number of nitrogens with zero attached hydrogens (tertiary/aromatic N) is 2. The molecule has 3 aromatic carbocycles. The number of hydrogen-bond acceptors (Lipinski definition) is 3. The van der Waals surface area contributed by atoms with Crippen molar-refractivity contribution in [3.8, 4) is 0 Å². The minimum atomic E-state index is -0.536. The minimum absolute atomic E-state index is 0.149. The Bertz CT molecular complexity index is 1360. The summed E-state index contributed by atoms with van der Waals surface area (Å²) in [5, 5.41) is 3.31. The van der Waals surface area contributed by atoms with E-state index in [1.165, 1.54) is 22.3 Å². The van der Waals surface area contributed by atoms with Crippen molar-refractivity contribution in [2.45, 2.75) is 75.8 Å². The molecule has 1 aliphatic carbocycles. The molecular formula is C36H43N3O2. The first-order valence-electron chi connectivity index (χ1n) is 15.6. The minimum Gasteiger partial charge on any atom is -0.355 e. The van der Waals surface area contributed by atoms with E-state index >= 15 is 0 Å². The molecule has 2 amide bonds. The summed E-state index contributed by atoms with van der Waals surface area (Å²) >= 11 is 0. The Morgan fingerprint density at radius 2 is 1.61 bits per heavy atom. The van der Waals surface area contributed by atoms with Crippen LogP contribution in [0, 0.1) is 0 Å². The number of carbonyl (C=O) groups excluding carboxylic acids is 2. The third kappa shape index (κ3) is 5.32. The summed E-state index contributed by atoms with van der Waals surface area (Å²) in [7, 11) is 0. The molecule has 3 aliphatic rings. The van der Waals surface area contributed by atoms with Gasteiger partial charge in [0, 0.05) is 43.7 Å². The molecule has 5 nitrogen and oxygen atoms in total. The van der Waals surface area contributed by atoms with Crippen LogP contribution in [-0.2, 0) is 23.2 Å². The number of piperidine rings is 1. The number of carbonyl (C=O) groups is 2. The summed E-state index contributed by atoms with van der Waals surface area (Å²) in [6.07, 6.45) is 6.86. The van der Waals surface area contributed by atoms with Crippen molar-refractivity contribution < 1.29 is 9.59 Å². The fourth-order valence-electron chi connectivity index (χ4n) is 7.67. The number of hydrogen-bond donors (Lipinski definition) is 1. The Morgan fingerprint density at radius 3 is 2.37 bits per heavy atom. The lowest BCUT2D eigenvalue weighted by Crippen LogP contribution is -2.47. The molecule has 2 heterocycles. The molecule has 0 unspecified atom stereocenters. The SMILES string of the molecule is CCCNC(=O)[C@@]1(CCCCN2CCC(N3Cc4ccccc4C3=O)CC2)c2ccccc2C[C@@H]1c1ccccc1. The van der Waals surface area contributed by atoms with Crippen molar-refractivity contribution in [3.63, 3.8) is 0 Å². The Balaban J connectivity index is 1.10. The van der Waals surface area contributed by atoms with Crippen LogP contribution in [0.25, 0.3) is 0 Å². The van der Waals surface area contributed by atoms with Crippen molar-refractivity contribution >= 4 is 11.8 Å². The summed E-state index contributed by atoms with van der Waals surface area (Å²) in [5.74, 6) is 0.543. The first kappa shape index (κ1) is 27.7. The van der Waals surface area contributed by atoms with Crippen LogP contribution in [0.15, 0.2) is 78.9 Å². The van der Waals surface area contributed by atoms with E-state index in [-0.39, 0.29) is 17.7 Å². The monoisotopic (exact) mass is 549 g/mol. The van der Waals surface area contributed by atoms with Crippen LogP contribution in [0.3, 0.4) is 0 Å². The second-order valence-corrected chi connectivity index (χ2v) is 12.2. The largest absolute Gasteiger partial charge is 0.355 e. The van der Waals surface area contributed by atoms with Gasteiger partial charge in [-0.25, -0.2) is 0 Å². The van der Waals surface area contributed by atoms with E-state index in [0.717, 1.165) is 76.7 Å². The Kier molecular flexibility index (Phi) is 8.25. The molecule has 6 rings (SSSR count). The van der Waals surface area contributed by atoms with E-state index in [1.807, 2.05) is 18.2 Å². The molecule has 1 N–H and O–H groups in total. The van der Waals surface area contributed by atoms with Crippen LogP contribution < -0.4 is 5.32 Å². The van der Waals surface area contributed by atoms with Gasteiger partial charge in [-0.15, -0.1) is 0 Å². The van der Waals surface area contributed by atoms with E-state index in [1.54, 1.807) is 0 Å². The quantitative estimate of drug-likeness (QED) is 0.312. The highest BCUT2D eigenvalue weighted by Gasteiger charge is 2.52. The van der Waals surface area contributed by atoms with E-state index in [0.29, 0.717) is 12.6 Å². The lowest BCUT2D eigenvalue weighted by molar-refractivity contribution is -0.127. The predicted molar refractivity (Wildman–Crippen MR) is 164 cm³/mol. The van der Waals surface area contributed by atoms with Gasteiger partial charge in [0.1, 0.15) is 0 Å². The first-order valence-corrected chi connectivity index (χ1v) is 15.6. The van der Waals surface area contributed by atoms with Gasteiger partial charge in [-0.1, -0.05) is 86.1 Å². The molecule has 0 spiro atoms. The van der Waals surface area contributed by atoms with Gasteiger partial charge >= 0.3 is 0 Å². The topological polar surface area (TPSA) is 52.7 Å². The smallest absolute Gasteiger partial charge is 0.254 e. The summed E-state index contributed by atoms with van der Waals surface area (Å²) in [5.41, 5.74) is 5.31. The number of nitrogens with one attached hydrogen (secondary N) is 1. The maximum Gasteiger partial charge on any atom is 0.254 e. The van der Waals surface area contributed by atoms with E-state index < -0.39 is 5.41 Å². The molecular weight excluding hydrogens is 506 g/mol. The highest BCUT2D eigenvalue weighted by Crippen LogP contribution is 2.52. The lowest BCUT2D eigenvalue weighted by Gasteiger charge is -2.37. The van der Waals surface area contributed by atoms with Crippen molar-refractivity contribution in [1.29, 1.82) is 0 Å². The molecule has 2 atom stereocenters. The van der Waals surface area contributed by atoms with Crippen molar-refractivity contribution in [2.75, 3.05) is 26.2 Å². The van der Waals surface area contributed by atoms with E-state index in [2.05, 4.69) is 82.7 Å². The molecule has 0 aromatic heterocycles. The number of fused-ring (bicyclic) bond motifs is 2. The van der Waals surface area contributed by atoms with Crippen LogP contribution in [0.5, 0.6) is 0 Å². The summed E-state index contributed by atoms with van der Waals surface area (Å²) in [4.78, 5) is 31.7. The first-order chi connectivity index (χ1) is 20.1. The molecule has 214 valence electrons. The number of amides is 2. The Labute approximate surface area is 244 Å². The molecule has 0 saturated carbocycles. The number of unbranched alkanes of at least 4 members (excludes halogenated alkanes) is 1. The van der Waals surface area contributed by atoms with Crippen LogP contribution in [-0.4, -0.2) is 53.8 Å². The fraction of sp³-hybridized carbons (Fsp3) is 0.444. The molecule has 1 saturated heterocycles. The number of likely N-dealkylation sites (tertiary alicyclic amines) is 1.